The number of nitrogens with two attached hydrogens (primary N) is 1. The van der Waals surface area contributed by atoms with Gasteiger partial charge in [-0.1, -0.05) is 38.1 Å². The Balaban J connectivity index is 2.12. The third kappa shape index (κ3) is 3.10. The highest BCUT2D eigenvalue weighted by atomic mass is 15.1. The summed E-state index contributed by atoms with van der Waals surface area (Å²) in [6.07, 6.45) is 2.56. The Bertz CT molecular complexity index is 437. The van der Waals surface area contributed by atoms with Gasteiger partial charge in [0.05, 0.1) is 0 Å². The van der Waals surface area contributed by atoms with Crippen LogP contribution in [0.2, 0.25) is 0 Å². The molecule has 1 heterocycles. The number of rotatable bonds is 3. The van der Waals surface area contributed by atoms with E-state index in [4.69, 9.17) is 11.1 Å². The van der Waals surface area contributed by atoms with Crippen molar-refractivity contribution >= 4 is 5.84 Å². The molecule has 1 aliphatic heterocycles. The first-order chi connectivity index (χ1) is 8.48. The Morgan fingerprint density at radius 1 is 1.39 bits per heavy atom. The molecule has 18 heavy (non-hydrogen) atoms. The van der Waals surface area contributed by atoms with Gasteiger partial charge in [-0.15, -0.1) is 0 Å². The summed E-state index contributed by atoms with van der Waals surface area (Å²) in [5.74, 6) is 0.168. The number of hydrogen-bond acceptors (Lipinski definition) is 2. The molecule has 0 aromatic heterocycles. The van der Waals surface area contributed by atoms with Crippen LogP contribution in [0.25, 0.3) is 0 Å². The van der Waals surface area contributed by atoms with Crippen LogP contribution in [0, 0.1) is 10.8 Å². The molecule has 1 fully saturated rings. The molecule has 0 unspecified atom stereocenters. The molecule has 0 spiro atoms. The van der Waals surface area contributed by atoms with Crippen LogP contribution in [-0.2, 0) is 6.54 Å². The Hall–Kier alpha value is -1.35. The van der Waals surface area contributed by atoms with Gasteiger partial charge in [-0.05, 0) is 30.4 Å². The lowest BCUT2D eigenvalue weighted by Crippen LogP contribution is -2.39. The van der Waals surface area contributed by atoms with Gasteiger partial charge in [0.15, 0.2) is 0 Å². The number of hydrogen-bond donors (Lipinski definition) is 2. The van der Waals surface area contributed by atoms with E-state index in [1.54, 1.807) is 0 Å². The molecule has 1 saturated heterocycles. The minimum Gasteiger partial charge on any atom is -0.384 e. The smallest absolute Gasteiger partial charge is 0.123 e. The standard InChI is InChI=1S/C15H23N3/c1-15(2)8-5-9-18(11-15)10-12-6-3-4-7-13(12)14(16)17/h3-4,6-7H,5,8-11H2,1-2H3,(H3,16,17). The zero-order chi connectivity index (χ0) is 13.2. The fraction of sp³-hybridized carbons (Fsp3) is 0.533. The molecule has 3 nitrogen and oxygen atoms in total. The lowest BCUT2D eigenvalue weighted by atomic mass is 9.84. The molecule has 0 saturated carbocycles. The van der Waals surface area contributed by atoms with Crippen molar-refractivity contribution in [2.24, 2.45) is 11.1 Å². The zero-order valence-corrected chi connectivity index (χ0v) is 11.4. The van der Waals surface area contributed by atoms with Crippen molar-refractivity contribution in [3.05, 3.63) is 35.4 Å². The first-order valence-corrected chi connectivity index (χ1v) is 6.63. The average molecular weight is 245 g/mol. The quantitative estimate of drug-likeness (QED) is 0.635. The predicted molar refractivity (Wildman–Crippen MR) is 75.8 cm³/mol. The average Bonchev–Trinajstić information content (AvgIpc) is 2.28. The molecule has 0 aliphatic carbocycles. The highest BCUT2D eigenvalue weighted by molar-refractivity contribution is 5.96. The second-order valence-electron chi connectivity index (χ2n) is 6.05. The van der Waals surface area contributed by atoms with Crippen molar-refractivity contribution in [3.63, 3.8) is 0 Å². The molecule has 2 rings (SSSR count). The molecular formula is C15H23N3. The molecule has 0 amide bonds. The van der Waals surface area contributed by atoms with Crippen LogP contribution in [0.15, 0.2) is 24.3 Å². The zero-order valence-electron chi connectivity index (χ0n) is 11.4. The van der Waals surface area contributed by atoms with Gasteiger partial charge in [-0.2, -0.15) is 0 Å². The maximum atomic E-state index is 7.63. The number of amidine groups is 1. The number of nitrogen functional groups attached to an aromatic ring is 1. The van der Waals surface area contributed by atoms with E-state index >= 15 is 0 Å². The van der Waals surface area contributed by atoms with Gasteiger partial charge in [-0.3, -0.25) is 10.3 Å². The second-order valence-corrected chi connectivity index (χ2v) is 6.05. The summed E-state index contributed by atoms with van der Waals surface area (Å²) in [5, 5.41) is 7.63. The molecule has 98 valence electrons. The maximum Gasteiger partial charge on any atom is 0.123 e. The SMILES string of the molecule is CC1(C)CCCN(Cc2ccccc2C(=N)N)C1. The van der Waals surface area contributed by atoms with E-state index in [9.17, 15) is 0 Å². The van der Waals surface area contributed by atoms with Gasteiger partial charge in [0, 0.05) is 18.7 Å². The third-order valence-electron chi connectivity index (χ3n) is 3.68. The molecule has 3 N–H and O–H groups in total. The monoisotopic (exact) mass is 245 g/mol. The predicted octanol–water partition coefficient (Wildman–Crippen LogP) is 2.59. The van der Waals surface area contributed by atoms with Gasteiger partial charge in [-0.25, -0.2) is 0 Å². The van der Waals surface area contributed by atoms with E-state index in [-0.39, 0.29) is 5.84 Å². The summed E-state index contributed by atoms with van der Waals surface area (Å²) in [6.45, 7) is 7.83. The van der Waals surface area contributed by atoms with Crippen LogP contribution in [0.5, 0.6) is 0 Å². The lowest BCUT2D eigenvalue weighted by Gasteiger charge is -2.38. The van der Waals surface area contributed by atoms with E-state index in [1.165, 1.54) is 18.4 Å². The highest BCUT2D eigenvalue weighted by Crippen LogP contribution is 2.29. The van der Waals surface area contributed by atoms with Gasteiger partial charge in [0.25, 0.3) is 0 Å². The maximum absolute atomic E-state index is 7.63. The van der Waals surface area contributed by atoms with Crippen molar-refractivity contribution in [1.29, 1.82) is 5.41 Å². The van der Waals surface area contributed by atoms with E-state index in [0.29, 0.717) is 5.41 Å². The largest absolute Gasteiger partial charge is 0.384 e. The van der Waals surface area contributed by atoms with Crippen LogP contribution < -0.4 is 5.73 Å². The number of nitrogens with zero attached hydrogens (tertiary/aromatic N) is 1. The lowest BCUT2D eigenvalue weighted by molar-refractivity contribution is 0.111. The number of likely N-dealkylation sites (tertiary alicyclic amines) is 1. The molecule has 0 atom stereocenters. The molecule has 3 heteroatoms. The Morgan fingerprint density at radius 3 is 2.78 bits per heavy atom. The molecule has 0 radical (unpaired) electrons. The fourth-order valence-corrected chi connectivity index (χ4v) is 2.84. The summed E-state index contributed by atoms with van der Waals surface area (Å²) in [6, 6.07) is 7.99. The van der Waals surface area contributed by atoms with Gasteiger partial charge >= 0.3 is 0 Å². The number of nitrogens with one attached hydrogen (secondary N) is 1. The Kier molecular flexibility index (Phi) is 3.71. The van der Waals surface area contributed by atoms with E-state index in [1.807, 2.05) is 18.2 Å². The summed E-state index contributed by atoms with van der Waals surface area (Å²) in [7, 11) is 0. The van der Waals surface area contributed by atoms with Crippen LogP contribution in [0.3, 0.4) is 0 Å². The Morgan fingerprint density at radius 2 is 2.11 bits per heavy atom. The van der Waals surface area contributed by atoms with Crippen LogP contribution in [0.1, 0.15) is 37.8 Å². The van der Waals surface area contributed by atoms with Gasteiger partial charge in [0.1, 0.15) is 5.84 Å². The first-order valence-electron chi connectivity index (χ1n) is 6.63. The number of benzene rings is 1. The van der Waals surface area contributed by atoms with Gasteiger partial charge in [0.2, 0.25) is 0 Å². The topological polar surface area (TPSA) is 53.1 Å². The summed E-state index contributed by atoms with van der Waals surface area (Å²) in [4.78, 5) is 2.48. The van der Waals surface area contributed by atoms with Crippen LogP contribution >= 0.6 is 0 Å². The minimum atomic E-state index is 0.168. The summed E-state index contributed by atoms with van der Waals surface area (Å²) < 4.78 is 0. The van der Waals surface area contributed by atoms with Crippen LogP contribution in [-0.4, -0.2) is 23.8 Å². The van der Waals surface area contributed by atoms with Crippen molar-refractivity contribution in [2.45, 2.75) is 33.2 Å². The third-order valence-corrected chi connectivity index (χ3v) is 3.68. The molecule has 1 aromatic carbocycles. The Labute approximate surface area is 109 Å². The fourth-order valence-electron chi connectivity index (χ4n) is 2.84. The van der Waals surface area contributed by atoms with Crippen LogP contribution in [0.4, 0.5) is 0 Å². The molecule has 0 bridgehead atoms. The molecule has 1 aromatic rings. The summed E-state index contributed by atoms with van der Waals surface area (Å²) >= 11 is 0. The number of piperidine rings is 1. The molecule has 1 aliphatic rings. The van der Waals surface area contributed by atoms with Gasteiger partial charge < -0.3 is 5.73 Å². The van der Waals surface area contributed by atoms with E-state index < -0.39 is 0 Å². The van der Waals surface area contributed by atoms with Crippen molar-refractivity contribution in [3.8, 4) is 0 Å². The minimum absolute atomic E-state index is 0.168. The second kappa shape index (κ2) is 5.11. The highest BCUT2D eigenvalue weighted by Gasteiger charge is 2.26. The normalized spacial score (nSPS) is 19.7. The van der Waals surface area contributed by atoms with Crippen molar-refractivity contribution in [1.82, 2.24) is 4.90 Å². The van der Waals surface area contributed by atoms with E-state index in [0.717, 1.165) is 25.2 Å². The van der Waals surface area contributed by atoms with Crippen molar-refractivity contribution in [2.75, 3.05) is 13.1 Å². The van der Waals surface area contributed by atoms with Crippen molar-refractivity contribution < 1.29 is 0 Å². The first kappa shape index (κ1) is 13.1. The summed E-state index contributed by atoms with van der Waals surface area (Å²) in [5.41, 5.74) is 8.09. The molecular weight excluding hydrogens is 222 g/mol. The van der Waals surface area contributed by atoms with E-state index in [2.05, 4.69) is 24.8 Å².